The number of anilines is 2. The molecular formula is C25H24ClN3O4S. The lowest BCUT2D eigenvalue weighted by atomic mass is 10.1. The Kier molecular flexibility index (Phi) is 7.02. The molecule has 3 aromatic carbocycles. The SMILES string of the molecule is CC(=O)N1CCc2cc(S(=O)(=O)NC(Cc3ccccc3)C(=O)Nc3cccc(Cl)c3)ccc21. The van der Waals surface area contributed by atoms with Gasteiger partial charge in [-0.25, -0.2) is 8.42 Å². The molecule has 0 spiro atoms. The molecule has 2 amide bonds. The zero-order valence-corrected chi connectivity index (χ0v) is 20.1. The van der Waals surface area contributed by atoms with Gasteiger partial charge in [-0.2, -0.15) is 4.72 Å². The van der Waals surface area contributed by atoms with Crippen LogP contribution in [-0.2, 0) is 32.5 Å². The molecule has 9 heteroatoms. The van der Waals surface area contributed by atoms with Crippen molar-refractivity contribution in [2.45, 2.75) is 30.7 Å². The number of fused-ring (bicyclic) bond motifs is 1. The van der Waals surface area contributed by atoms with Gasteiger partial charge in [-0.3, -0.25) is 9.59 Å². The molecule has 1 unspecified atom stereocenters. The maximum atomic E-state index is 13.3. The molecule has 1 aliphatic rings. The van der Waals surface area contributed by atoms with E-state index in [4.69, 9.17) is 11.6 Å². The first-order valence-corrected chi connectivity index (χ1v) is 12.6. The highest BCUT2D eigenvalue weighted by Gasteiger charge is 2.29. The Morgan fingerprint density at radius 2 is 1.79 bits per heavy atom. The molecule has 4 rings (SSSR count). The van der Waals surface area contributed by atoms with Crippen molar-refractivity contribution in [2.24, 2.45) is 0 Å². The normalized spacial score (nSPS) is 13.9. The smallest absolute Gasteiger partial charge is 0.242 e. The average molecular weight is 498 g/mol. The Morgan fingerprint density at radius 1 is 1.03 bits per heavy atom. The highest BCUT2D eigenvalue weighted by molar-refractivity contribution is 7.89. The summed E-state index contributed by atoms with van der Waals surface area (Å²) in [6, 6.07) is 19.4. The first-order chi connectivity index (χ1) is 16.2. The molecule has 7 nitrogen and oxygen atoms in total. The van der Waals surface area contributed by atoms with Gasteiger partial charge in [0.1, 0.15) is 6.04 Å². The summed E-state index contributed by atoms with van der Waals surface area (Å²) in [6.07, 6.45) is 0.733. The number of hydrogen-bond acceptors (Lipinski definition) is 4. The van der Waals surface area contributed by atoms with Crippen molar-refractivity contribution in [3.63, 3.8) is 0 Å². The second-order valence-corrected chi connectivity index (χ2v) is 10.2. The van der Waals surface area contributed by atoms with Crippen molar-refractivity contribution in [2.75, 3.05) is 16.8 Å². The zero-order valence-electron chi connectivity index (χ0n) is 18.5. The monoisotopic (exact) mass is 497 g/mol. The molecule has 2 N–H and O–H groups in total. The largest absolute Gasteiger partial charge is 0.325 e. The molecule has 0 saturated heterocycles. The third kappa shape index (κ3) is 5.47. The molecule has 0 aromatic heterocycles. The summed E-state index contributed by atoms with van der Waals surface area (Å²) in [5.74, 6) is -0.591. The van der Waals surface area contributed by atoms with Gasteiger partial charge in [-0.1, -0.05) is 48.0 Å². The lowest BCUT2D eigenvalue weighted by Crippen LogP contribution is -2.45. The molecule has 0 fully saturated rings. The number of hydrogen-bond donors (Lipinski definition) is 2. The second kappa shape index (κ2) is 9.97. The number of nitrogens with zero attached hydrogens (tertiary/aromatic N) is 1. The molecule has 176 valence electrons. The van der Waals surface area contributed by atoms with E-state index in [0.29, 0.717) is 29.4 Å². The lowest BCUT2D eigenvalue weighted by Gasteiger charge is -2.20. The van der Waals surface area contributed by atoms with E-state index in [-0.39, 0.29) is 17.2 Å². The van der Waals surface area contributed by atoms with Gasteiger partial charge in [0.2, 0.25) is 21.8 Å². The number of sulfonamides is 1. The van der Waals surface area contributed by atoms with E-state index in [1.807, 2.05) is 30.3 Å². The summed E-state index contributed by atoms with van der Waals surface area (Å²) in [5, 5.41) is 3.20. The number of carbonyl (C=O) groups is 2. The standard InChI is InChI=1S/C25H24ClN3O4S/c1-17(30)29-13-12-19-15-22(10-11-24(19)29)34(32,33)28-23(14-18-6-3-2-4-7-18)25(31)27-21-9-5-8-20(26)16-21/h2-11,15-16,23,28H,12-14H2,1H3,(H,27,31). The number of nitrogens with one attached hydrogen (secondary N) is 2. The Balaban J connectivity index is 1.60. The van der Waals surface area contributed by atoms with Gasteiger partial charge >= 0.3 is 0 Å². The summed E-state index contributed by atoms with van der Waals surface area (Å²) in [7, 11) is -4.02. The van der Waals surface area contributed by atoms with Gasteiger partial charge in [-0.05, 0) is 60.4 Å². The van der Waals surface area contributed by atoms with E-state index in [1.54, 1.807) is 41.3 Å². The molecule has 3 aromatic rings. The lowest BCUT2D eigenvalue weighted by molar-refractivity contribution is -0.118. The topological polar surface area (TPSA) is 95.6 Å². The maximum Gasteiger partial charge on any atom is 0.242 e. The van der Waals surface area contributed by atoms with Crippen molar-refractivity contribution in [1.82, 2.24) is 4.72 Å². The van der Waals surface area contributed by atoms with Crippen LogP contribution in [0.2, 0.25) is 5.02 Å². The minimum Gasteiger partial charge on any atom is -0.325 e. The van der Waals surface area contributed by atoms with Crippen LogP contribution >= 0.6 is 11.6 Å². The average Bonchev–Trinajstić information content (AvgIpc) is 3.23. The van der Waals surface area contributed by atoms with Crippen LogP contribution in [0.1, 0.15) is 18.1 Å². The van der Waals surface area contributed by atoms with E-state index in [2.05, 4.69) is 10.0 Å². The Hall–Kier alpha value is -3.20. The van der Waals surface area contributed by atoms with Crippen molar-refractivity contribution in [3.8, 4) is 0 Å². The van der Waals surface area contributed by atoms with Crippen LogP contribution in [-0.4, -0.2) is 32.8 Å². The predicted octanol–water partition coefficient (Wildman–Crippen LogP) is 3.78. The van der Waals surface area contributed by atoms with Crippen LogP contribution in [0, 0.1) is 0 Å². The second-order valence-electron chi connectivity index (χ2n) is 8.07. The summed E-state index contributed by atoms with van der Waals surface area (Å²) in [5.41, 5.74) is 2.77. The van der Waals surface area contributed by atoms with Gasteiger partial charge in [0, 0.05) is 29.9 Å². The third-order valence-electron chi connectivity index (χ3n) is 5.63. The van der Waals surface area contributed by atoms with Crippen LogP contribution in [0.3, 0.4) is 0 Å². The highest BCUT2D eigenvalue weighted by Crippen LogP contribution is 2.30. The molecule has 0 saturated carbocycles. The summed E-state index contributed by atoms with van der Waals surface area (Å²) in [6.45, 7) is 1.99. The fraction of sp³-hybridized carbons (Fsp3) is 0.200. The maximum absolute atomic E-state index is 13.3. The van der Waals surface area contributed by atoms with Crippen LogP contribution in [0.4, 0.5) is 11.4 Å². The number of amides is 2. The molecule has 0 bridgehead atoms. The molecule has 1 heterocycles. The minimum absolute atomic E-state index is 0.0465. The third-order valence-corrected chi connectivity index (χ3v) is 7.33. The van der Waals surface area contributed by atoms with Gasteiger partial charge in [0.15, 0.2) is 0 Å². The van der Waals surface area contributed by atoms with Crippen molar-refractivity contribution >= 4 is 44.8 Å². The molecule has 1 aliphatic heterocycles. The number of rotatable bonds is 7. The first-order valence-electron chi connectivity index (χ1n) is 10.8. The quantitative estimate of drug-likeness (QED) is 0.519. The summed E-state index contributed by atoms with van der Waals surface area (Å²) < 4.78 is 29.1. The molecule has 0 aliphatic carbocycles. The van der Waals surface area contributed by atoms with E-state index in [1.165, 1.54) is 13.0 Å². The highest BCUT2D eigenvalue weighted by atomic mass is 35.5. The van der Waals surface area contributed by atoms with Crippen molar-refractivity contribution in [3.05, 3.63) is 88.9 Å². The fourth-order valence-corrected chi connectivity index (χ4v) is 5.40. The molecule has 0 radical (unpaired) electrons. The Labute approximate surface area is 203 Å². The van der Waals surface area contributed by atoms with Crippen LogP contribution < -0.4 is 14.9 Å². The van der Waals surface area contributed by atoms with Crippen LogP contribution in [0.5, 0.6) is 0 Å². The van der Waals surface area contributed by atoms with Gasteiger partial charge < -0.3 is 10.2 Å². The fourth-order valence-electron chi connectivity index (χ4n) is 3.96. The van der Waals surface area contributed by atoms with Crippen LogP contribution in [0.25, 0.3) is 0 Å². The van der Waals surface area contributed by atoms with Gasteiger partial charge in [-0.15, -0.1) is 0 Å². The van der Waals surface area contributed by atoms with E-state index in [9.17, 15) is 18.0 Å². The Bertz CT molecular complexity index is 1330. The predicted molar refractivity (Wildman–Crippen MR) is 133 cm³/mol. The van der Waals surface area contributed by atoms with Crippen molar-refractivity contribution < 1.29 is 18.0 Å². The first kappa shape index (κ1) is 23.9. The molecular weight excluding hydrogens is 474 g/mol. The van der Waals surface area contributed by atoms with Crippen molar-refractivity contribution in [1.29, 1.82) is 0 Å². The molecule has 1 atom stereocenters. The van der Waals surface area contributed by atoms with Gasteiger partial charge in [0.05, 0.1) is 4.90 Å². The summed E-state index contributed by atoms with van der Waals surface area (Å²) >= 11 is 6.01. The number of halogens is 1. The van der Waals surface area contributed by atoms with Gasteiger partial charge in [0.25, 0.3) is 0 Å². The molecule has 34 heavy (non-hydrogen) atoms. The summed E-state index contributed by atoms with van der Waals surface area (Å²) in [4.78, 5) is 26.6. The zero-order chi connectivity index (χ0) is 24.3. The number of benzene rings is 3. The minimum atomic E-state index is -4.02. The Morgan fingerprint density at radius 3 is 2.50 bits per heavy atom. The van der Waals surface area contributed by atoms with E-state index in [0.717, 1.165) is 11.1 Å². The van der Waals surface area contributed by atoms with E-state index < -0.39 is 22.0 Å². The van der Waals surface area contributed by atoms with Crippen LogP contribution in [0.15, 0.2) is 77.7 Å². The van der Waals surface area contributed by atoms with E-state index >= 15 is 0 Å². The number of carbonyl (C=O) groups excluding carboxylic acids is 2.